The first kappa shape index (κ1) is 11.0. The third-order valence-corrected chi connectivity index (χ3v) is 2.16. The van der Waals surface area contributed by atoms with Gasteiger partial charge in [-0.15, -0.1) is 0 Å². The van der Waals surface area contributed by atoms with E-state index in [0.717, 1.165) is 0 Å². The van der Waals surface area contributed by atoms with E-state index in [4.69, 9.17) is 9.84 Å². The number of aliphatic carboxylic acids is 1. The van der Waals surface area contributed by atoms with Crippen LogP contribution in [0.25, 0.3) is 0 Å². The van der Waals surface area contributed by atoms with Crippen LogP contribution in [-0.2, 0) is 4.79 Å². The molecule has 76 valence electrons. The number of carboxylic acid groups (broad SMARTS) is 1. The predicted molar refractivity (Wildman–Crippen MR) is 51.8 cm³/mol. The standard InChI is InChI=1S/C9H8BrFO3/c1-5(9(12)13)14-6-2-3-8(11)7(10)4-6/h2-5H,1H3,(H,12,13)/t5-/m0/s1. The molecule has 1 aromatic rings. The van der Waals surface area contributed by atoms with Gasteiger partial charge in [0.25, 0.3) is 0 Å². The van der Waals surface area contributed by atoms with Gasteiger partial charge >= 0.3 is 5.97 Å². The maximum Gasteiger partial charge on any atom is 0.344 e. The molecular weight excluding hydrogens is 255 g/mol. The third-order valence-electron chi connectivity index (χ3n) is 1.55. The molecule has 1 atom stereocenters. The highest BCUT2D eigenvalue weighted by Crippen LogP contribution is 2.22. The van der Waals surface area contributed by atoms with Crippen LogP contribution in [0.4, 0.5) is 4.39 Å². The number of ether oxygens (including phenoxy) is 1. The summed E-state index contributed by atoms with van der Waals surface area (Å²) in [6, 6.07) is 3.96. The van der Waals surface area contributed by atoms with E-state index in [2.05, 4.69) is 15.9 Å². The minimum absolute atomic E-state index is 0.243. The molecule has 1 aromatic carbocycles. The van der Waals surface area contributed by atoms with Gasteiger partial charge in [-0.1, -0.05) is 0 Å². The van der Waals surface area contributed by atoms with Gasteiger partial charge in [-0.2, -0.15) is 0 Å². The van der Waals surface area contributed by atoms with Crippen LogP contribution >= 0.6 is 15.9 Å². The highest BCUT2D eigenvalue weighted by molar-refractivity contribution is 9.10. The van der Waals surface area contributed by atoms with Crippen molar-refractivity contribution in [2.45, 2.75) is 13.0 Å². The minimum atomic E-state index is -1.06. The molecule has 1 N–H and O–H groups in total. The molecule has 0 aliphatic carbocycles. The molecule has 3 nitrogen and oxygen atoms in total. The Morgan fingerprint density at radius 2 is 2.29 bits per heavy atom. The Balaban J connectivity index is 2.78. The lowest BCUT2D eigenvalue weighted by Crippen LogP contribution is -2.22. The largest absolute Gasteiger partial charge is 0.479 e. The lowest BCUT2D eigenvalue weighted by atomic mass is 10.3. The van der Waals surface area contributed by atoms with E-state index < -0.39 is 17.9 Å². The van der Waals surface area contributed by atoms with Crippen molar-refractivity contribution in [3.63, 3.8) is 0 Å². The fourth-order valence-corrected chi connectivity index (χ4v) is 1.16. The molecule has 1 rings (SSSR count). The first-order valence-electron chi connectivity index (χ1n) is 3.85. The Morgan fingerprint density at radius 1 is 1.64 bits per heavy atom. The van der Waals surface area contributed by atoms with Crippen LogP contribution in [0, 0.1) is 5.82 Å². The fraction of sp³-hybridized carbons (Fsp3) is 0.222. The molecule has 0 fully saturated rings. The average molecular weight is 263 g/mol. The molecule has 0 saturated heterocycles. The zero-order chi connectivity index (χ0) is 10.7. The molecule has 5 heteroatoms. The number of halogens is 2. The Labute approximate surface area is 88.6 Å². The summed E-state index contributed by atoms with van der Waals surface area (Å²) in [6.45, 7) is 1.40. The number of benzene rings is 1. The van der Waals surface area contributed by atoms with Crippen LogP contribution in [-0.4, -0.2) is 17.2 Å². The number of hydrogen-bond donors (Lipinski definition) is 1. The molecule has 14 heavy (non-hydrogen) atoms. The van der Waals surface area contributed by atoms with Crippen LogP contribution in [0.2, 0.25) is 0 Å². The summed E-state index contributed by atoms with van der Waals surface area (Å²) in [5.41, 5.74) is 0. The first-order chi connectivity index (χ1) is 6.50. The number of carbonyl (C=O) groups is 1. The SMILES string of the molecule is C[C@H](Oc1ccc(F)c(Br)c1)C(=O)O. The quantitative estimate of drug-likeness (QED) is 0.910. The topological polar surface area (TPSA) is 46.5 Å². The van der Waals surface area contributed by atoms with Crippen LogP contribution in [0.3, 0.4) is 0 Å². The maximum absolute atomic E-state index is 12.8. The van der Waals surface area contributed by atoms with Crippen molar-refractivity contribution in [1.29, 1.82) is 0 Å². The number of hydrogen-bond acceptors (Lipinski definition) is 2. The fourth-order valence-electron chi connectivity index (χ4n) is 0.805. The molecule has 0 bridgehead atoms. The maximum atomic E-state index is 12.8. The van der Waals surface area contributed by atoms with Crippen molar-refractivity contribution in [3.05, 3.63) is 28.5 Å². The summed E-state index contributed by atoms with van der Waals surface area (Å²) >= 11 is 2.97. The second kappa shape index (κ2) is 4.41. The van der Waals surface area contributed by atoms with Gasteiger partial charge in [0, 0.05) is 0 Å². The Morgan fingerprint density at radius 3 is 2.79 bits per heavy atom. The van der Waals surface area contributed by atoms with Gasteiger partial charge in [0.1, 0.15) is 11.6 Å². The zero-order valence-corrected chi connectivity index (χ0v) is 8.92. The smallest absolute Gasteiger partial charge is 0.344 e. The monoisotopic (exact) mass is 262 g/mol. The molecular formula is C9H8BrFO3. The van der Waals surface area contributed by atoms with E-state index in [9.17, 15) is 9.18 Å². The summed E-state index contributed by atoms with van der Waals surface area (Å²) in [5, 5.41) is 8.56. The van der Waals surface area contributed by atoms with Gasteiger partial charge in [-0.05, 0) is 41.1 Å². The second-order valence-electron chi connectivity index (χ2n) is 2.67. The lowest BCUT2D eigenvalue weighted by Gasteiger charge is -2.10. The highest BCUT2D eigenvalue weighted by atomic mass is 79.9. The van der Waals surface area contributed by atoms with Gasteiger partial charge in [0.05, 0.1) is 4.47 Å². The third kappa shape index (κ3) is 2.70. The summed E-state index contributed by atoms with van der Waals surface area (Å²) < 4.78 is 18.0. The Kier molecular flexibility index (Phi) is 3.46. The molecule has 0 heterocycles. The van der Waals surface area contributed by atoms with Gasteiger partial charge in [0.2, 0.25) is 0 Å². The van der Waals surface area contributed by atoms with Gasteiger partial charge in [0.15, 0.2) is 6.10 Å². The summed E-state index contributed by atoms with van der Waals surface area (Å²) in [6.07, 6.45) is -0.952. The molecule has 0 spiro atoms. The zero-order valence-electron chi connectivity index (χ0n) is 7.33. The number of carboxylic acids is 1. The second-order valence-corrected chi connectivity index (χ2v) is 3.53. The van der Waals surface area contributed by atoms with Gasteiger partial charge in [-0.3, -0.25) is 0 Å². The van der Waals surface area contributed by atoms with Crippen LogP contribution < -0.4 is 4.74 Å². The van der Waals surface area contributed by atoms with Crippen molar-refractivity contribution < 1.29 is 19.0 Å². The van der Waals surface area contributed by atoms with Gasteiger partial charge in [-0.25, -0.2) is 9.18 Å². The van der Waals surface area contributed by atoms with Crippen LogP contribution in [0.5, 0.6) is 5.75 Å². The molecule has 0 radical (unpaired) electrons. The Hall–Kier alpha value is -1.10. The van der Waals surface area contributed by atoms with Crippen molar-refractivity contribution in [2.75, 3.05) is 0 Å². The summed E-state index contributed by atoms with van der Waals surface area (Å²) in [5.74, 6) is -1.17. The van der Waals surface area contributed by atoms with E-state index in [-0.39, 0.29) is 4.47 Å². The summed E-state index contributed by atoms with van der Waals surface area (Å²) in [4.78, 5) is 10.4. The van der Waals surface area contributed by atoms with Crippen LogP contribution in [0.1, 0.15) is 6.92 Å². The van der Waals surface area contributed by atoms with Crippen molar-refractivity contribution >= 4 is 21.9 Å². The van der Waals surface area contributed by atoms with Crippen molar-refractivity contribution in [2.24, 2.45) is 0 Å². The minimum Gasteiger partial charge on any atom is -0.479 e. The highest BCUT2D eigenvalue weighted by Gasteiger charge is 2.12. The van der Waals surface area contributed by atoms with E-state index in [1.165, 1.54) is 25.1 Å². The number of rotatable bonds is 3. The molecule has 0 amide bonds. The van der Waals surface area contributed by atoms with Gasteiger partial charge < -0.3 is 9.84 Å². The van der Waals surface area contributed by atoms with E-state index in [1.807, 2.05) is 0 Å². The van der Waals surface area contributed by atoms with E-state index in [0.29, 0.717) is 5.75 Å². The first-order valence-corrected chi connectivity index (χ1v) is 4.64. The van der Waals surface area contributed by atoms with Crippen LogP contribution in [0.15, 0.2) is 22.7 Å². The average Bonchev–Trinajstić information content (AvgIpc) is 2.11. The molecule has 0 aliphatic heterocycles. The van der Waals surface area contributed by atoms with E-state index in [1.54, 1.807) is 0 Å². The van der Waals surface area contributed by atoms with E-state index >= 15 is 0 Å². The normalized spacial score (nSPS) is 12.2. The molecule has 0 aromatic heterocycles. The molecule has 0 aliphatic rings. The molecule has 0 unspecified atom stereocenters. The Bertz CT molecular complexity index is 354. The molecule has 0 saturated carbocycles. The van der Waals surface area contributed by atoms with Crippen molar-refractivity contribution in [3.8, 4) is 5.75 Å². The predicted octanol–water partition coefficient (Wildman–Crippen LogP) is 2.44. The summed E-state index contributed by atoms with van der Waals surface area (Å²) in [7, 11) is 0. The van der Waals surface area contributed by atoms with Crippen molar-refractivity contribution in [1.82, 2.24) is 0 Å². The lowest BCUT2D eigenvalue weighted by molar-refractivity contribution is -0.144.